The van der Waals surface area contributed by atoms with Gasteiger partial charge in [0, 0.05) is 13.6 Å². The van der Waals surface area contributed by atoms with E-state index in [9.17, 15) is 8.42 Å². The van der Waals surface area contributed by atoms with Gasteiger partial charge in [-0.05, 0) is 38.4 Å². The predicted molar refractivity (Wildman–Crippen MR) is 69.7 cm³/mol. The molecule has 1 N–H and O–H groups in total. The van der Waals surface area contributed by atoms with E-state index in [0.29, 0.717) is 18.8 Å². The summed E-state index contributed by atoms with van der Waals surface area (Å²) in [4.78, 5) is 0. The molecular formula is C12H20N2O3S. The van der Waals surface area contributed by atoms with Crippen LogP contribution in [0.4, 0.5) is 0 Å². The van der Waals surface area contributed by atoms with Crippen molar-refractivity contribution in [2.24, 2.45) is 0 Å². The van der Waals surface area contributed by atoms with E-state index in [4.69, 9.17) is 4.42 Å². The van der Waals surface area contributed by atoms with Gasteiger partial charge in [-0.2, -0.15) is 4.31 Å². The minimum atomic E-state index is -3.24. The molecule has 1 aliphatic heterocycles. The molecular weight excluding hydrogens is 252 g/mol. The Balaban J connectivity index is 2.04. The average Bonchev–Trinajstić information content (AvgIpc) is 2.76. The number of furan rings is 1. The van der Waals surface area contributed by atoms with Gasteiger partial charge in [-0.25, -0.2) is 8.42 Å². The van der Waals surface area contributed by atoms with Crippen molar-refractivity contribution in [2.75, 3.05) is 20.1 Å². The summed E-state index contributed by atoms with van der Waals surface area (Å²) < 4.78 is 31.5. The molecule has 0 aromatic carbocycles. The van der Waals surface area contributed by atoms with E-state index in [2.05, 4.69) is 5.32 Å². The van der Waals surface area contributed by atoms with Gasteiger partial charge in [-0.1, -0.05) is 0 Å². The third kappa shape index (κ3) is 2.93. The van der Waals surface area contributed by atoms with Crippen LogP contribution in [-0.2, 0) is 16.6 Å². The molecule has 18 heavy (non-hydrogen) atoms. The van der Waals surface area contributed by atoms with E-state index in [1.54, 1.807) is 7.05 Å². The molecule has 0 bridgehead atoms. The largest absolute Gasteiger partial charge is 0.465 e. The molecule has 1 unspecified atom stereocenters. The zero-order valence-corrected chi connectivity index (χ0v) is 11.7. The maximum absolute atomic E-state index is 12.3. The molecule has 0 aliphatic carbocycles. The molecule has 1 atom stereocenters. The number of rotatable bonds is 4. The van der Waals surface area contributed by atoms with Crippen LogP contribution in [0.25, 0.3) is 0 Å². The Morgan fingerprint density at radius 2 is 2.28 bits per heavy atom. The first-order valence-electron chi connectivity index (χ1n) is 6.21. The molecule has 0 amide bonds. The predicted octanol–water partition coefficient (Wildman–Crippen LogP) is 1.10. The Kier molecular flexibility index (Phi) is 4.09. The number of hydrogen-bond donors (Lipinski definition) is 1. The normalized spacial score (nSPS) is 21.4. The third-order valence-corrected chi connectivity index (χ3v) is 5.52. The summed E-state index contributed by atoms with van der Waals surface area (Å²) in [5.41, 5.74) is 0. The van der Waals surface area contributed by atoms with Gasteiger partial charge in [-0.15, -0.1) is 0 Å². The zero-order chi connectivity index (χ0) is 13.2. The molecule has 1 fully saturated rings. The monoisotopic (exact) mass is 272 g/mol. The van der Waals surface area contributed by atoms with Gasteiger partial charge < -0.3 is 9.73 Å². The van der Waals surface area contributed by atoms with Crippen LogP contribution in [0.5, 0.6) is 0 Å². The Bertz CT molecular complexity index is 489. The molecule has 1 aliphatic rings. The Hall–Kier alpha value is -0.850. The van der Waals surface area contributed by atoms with E-state index in [-0.39, 0.29) is 5.25 Å². The van der Waals surface area contributed by atoms with Gasteiger partial charge in [0.2, 0.25) is 10.0 Å². The Labute approximate surface area is 108 Å². The van der Waals surface area contributed by atoms with E-state index < -0.39 is 10.0 Å². The van der Waals surface area contributed by atoms with Crippen LogP contribution in [0.15, 0.2) is 16.5 Å². The highest BCUT2D eigenvalue weighted by Crippen LogP contribution is 2.18. The summed E-state index contributed by atoms with van der Waals surface area (Å²) in [5, 5.41) is 2.82. The molecule has 0 saturated carbocycles. The van der Waals surface area contributed by atoms with Crippen LogP contribution in [0, 0.1) is 6.92 Å². The average molecular weight is 272 g/mol. The quantitative estimate of drug-likeness (QED) is 0.891. The first-order valence-corrected chi connectivity index (χ1v) is 7.71. The summed E-state index contributed by atoms with van der Waals surface area (Å²) in [6.07, 6.45) is 1.65. The fourth-order valence-electron chi connectivity index (χ4n) is 2.21. The van der Waals surface area contributed by atoms with Gasteiger partial charge in [0.25, 0.3) is 0 Å². The zero-order valence-electron chi connectivity index (χ0n) is 10.8. The van der Waals surface area contributed by atoms with Crippen LogP contribution < -0.4 is 5.32 Å². The summed E-state index contributed by atoms with van der Waals surface area (Å²) >= 11 is 0. The lowest BCUT2D eigenvalue weighted by atomic mass is 10.2. The van der Waals surface area contributed by atoms with Crippen molar-refractivity contribution < 1.29 is 12.8 Å². The van der Waals surface area contributed by atoms with Gasteiger partial charge in [0.1, 0.15) is 11.5 Å². The fourth-order valence-corrected chi connectivity index (χ4v) is 3.82. The first kappa shape index (κ1) is 13.6. The maximum atomic E-state index is 12.3. The molecule has 2 rings (SSSR count). The number of piperidine rings is 1. The van der Waals surface area contributed by atoms with E-state index in [1.165, 1.54) is 4.31 Å². The van der Waals surface area contributed by atoms with E-state index in [1.807, 2.05) is 19.1 Å². The topological polar surface area (TPSA) is 62.6 Å². The number of nitrogens with one attached hydrogen (secondary N) is 1. The second-order valence-electron chi connectivity index (χ2n) is 4.78. The van der Waals surface area contributed by atoms with Gasteiger partial charge in [0.05, 0.1) is 11.8 Å². The summed E-state index contributed by atoms with van der Waals surface area (Å²) in [6, 6.07) is 3.67. The second-order valence-corrected chi connectivity index (χ2v) is 7.10. The van der Waals surface area contributed by atoms with Gasteiger partial charge in [0.15, 0.2) is 0 Å². The third-order valence-electron chi connectivity index (χ3n) is 3.28. The lowest BCUT2D eigenvalue weighted by molar-refractivity contribution is 0.384. The van der Waals surface area contributed by atoms with Crippen molar-refractivity contribution in [3.63, 3.8) is 0 Å². The molecule has 0 spiro atoms. The molecule has 2 heterocycles. The van der Waals surface area contributed by atoms with Crippen LogP contribution in [-0.4, -0.2) is 38.1 Å². The van der Waals surface area contributed by atoms with E-state index in [0.717, 1.165) is 25.1 Å². The van der Waals surface area contributed by atoms with Gasteiger partial charge >= 0.3 is 0 Å². The van der Waals surface area contributed by atoms with Crippen molar-refractivity contribution in [3.8, 4) is 0 Å². The number of hydrogen-bond acceptors (Lipinski definition) is 4. The fraction of sp³-hybridized carbons (Fsp3) is 0.667. The van der Waals surface area contributed by atoms with Crippen molar-refractivity contribution in [1.29, 1.82) is 0 Å². The lowest BCUT2D eigenvalue weighted by Crippen LogP contribution is -2.44. The lowest BCUT2D eigenvalue weighted by Gasteiger charge is -2.27. The summed E-state index contributed by atoms with van der Waals surface area (Å²) in [7, 11) is -1.63. The summed E-state index contributed by atoms with van der Waals surface area (Å²) in [6.45, 7) is 3.60. The van der Waals surface area contributed by atoms with Crippen LogP contribution in [0.2, 0.25) is 0 Å². The van der Waals surface area contributed by atoms with Crippen molar-refractivity contribution in [1.82, 2.24) is 9.62 Å². The molecule has 102 valence electrons. The molecule has 1 aromatic rings. The minimum absolute atomic E-state index is 0.298. The highest BCUT2D eigenvalue weighted by atomic mass is 32.2. The maximum Gasteiger partial charge on any atom is 0.218 e. The van der Waals surface area contributed by atoms with Crippen LogP contribution in [0.3, 0.4) is 0 Å². The molecule has 1 aromatic heterocycles. The Morgan fingerprint density at radius 1 is 1.50 bits per heavy atom. The second kappa shape index (κ2) is 5.42. The van der Waals surface area contributed by atoms with Crippen molar-refractivity contribution in [2.45, 2.75) is 31.6 Å². The first-order chi connectivity index (χ1) is 8.50. The summed E-state index contributed by atoms with van der Waals surface area (Å²) in [5.74, 6) is 1.48. The number of nitrogens with zero attached hydrogens (tertiary/aromatic N) is 1. The molecule has 5 nitrogen and oxygen atoms in total. The molecule has 1 saturated heterocycles. The highest BCUT2D eigenvalue weighted by molar-refractivity contribution is 7.89. The number of aryl methyl sites for hydroxylation is 1. The van der Waals surface area contributed by atoms with Crippen molar-refractivity contribution in [3.05, 3.63) is 23.7 Å². The Morgan fingerprint density at radius 3 is 2.83 bits per heavy atom. The van der Waals surface area contributed by atoms with Crippen molar-refractivity contribution >= 4 is 10.0 Å². The molecule has 0 radical (unpaired) electrons. The SMILES string of the molecule is Cc1ccc(CN(C)S(=O)(=O)C2CCCNC2)o1. The van der Waals surface area contributed by atoms with Gasteiger partial charge in [-0.3, -0.25) is 0 Å². The standard InChI is InChI=1S/C12H20N2O3S/c1-10-5-6-11(17-10)9-14(2)18(15,16)12-4-3-7-13-8-12/h5-6,12-13H,3-4,7-9H2,1-2H3. The number of sulfonamides is 1. The highest BCUT2D eigenvalue weighted by Gasteiger charge is 2.31. The molecule has 6 heteroatoms. The van der Waals surface area contributed by atoms with Crippen LogP contribution >= 0.6 is 0 Å². The van der Waals surface area contributed by atoms with E-state index >= 15 is 0 Å². The smallest absolute Gasteiger partial charge is 0.218 e. The minimum Gasteiger partial charge on any atom is -0.465 e. The van der Waals surface area contributed by atoms with Crippen LogP contribution in [0.1, 0.15) is 24.4 Å².